The van der Waals surface area contributed by atoms with Crippen LogP contribution in [0.5, 0.6) is 0 Å². The van der Waals surface area contributed by atoms with E-state index in [1.807, 2.05) is 37.4 Å². The molecule has 144 valence electrons. The quantitative estimate of drug-likeness (QED) is 0.577. The van der Waals surface area contributed by atoms with E-state index in [2.05, 4.69) is 31.5 Å². The molecule has 0 radical (unpaired) electrons. The molecule has 6 nitrogen and oxygen atoms in total. The Kier molecular flexibility index (Phi) is 6.49. The normalized spacial score (nSPS) is 10.4. The van der Waals surface area contributed by atoms with Gasteiger partial charge in [0.15, 0.2) is 10.4 Å². The van der Waals surface area contributed by atoms with E-state index in [0.717, 1.165) is 5.69 Å². The third-order valence-electron chi connectivity index (χ3n) is 4.11. The maximum Gasteiger partial charge on any atom is 0.291 e. The Morgan fingerprint density at radius 1 is 1.00 bits per heavy atom. The van der Waals surface area contributed by atoms with Gasteiger partial charge in [0, 0.05) is 37.1 Å². The lowest BCUT2D eigenvalue weighted by Crippen LogP contribution is -2.33. The molecule has 2 N–H and O–H groups in total. The van der Waals surface area contributed by atoms with E-state index in [-0.39, 0.29) is 17.6 Å². The van der Waals surface area contributed by atoms with Gasteiger partial charge in [-0.25, -0.2) is 0 Å². The second-order valence-corrected chi connectivity index (χ2v) is 6.93. The van der Waals surface area contributed by atoms with Crippen molar-refractivity contribution in [1.29, 1.82) is 0 Å². The molecule has 0 fully saturated rings. The molecule has 0 aliphatic rings. The molecule has 1 heterocycles. The first kappa shape index (κ1) is 19.7. The number of hydrogen-bond donors (Lipinski definition) is 2. The highest BCUT2D eigenvalue weighted by atomic mass is 79.9. The smallest absolute Gasteiger partial charge is 0.291 e. The summed E-state index contributed by atoms with van der Waals surface area (Å²) in [4.78, 5) is 26.6. The van der Waals surface area contributed by atoms with Crippen LogP contribution in [0.1, 0.15) is 20.9 Å². The first-order valence-corrected chi connectivity index (χ1v) is 9.53. The van der Waals surface area contributed by atoms with Gasteiger partial charge in [0.25, 0.3) is 11.8 Å². The molecule has 0 saturated heterocycles. The Balaban J connectivity index is 1.54. The van der Waals surface area contributed by atoms with Crippen LogP contribution in [0, 0.1) is 0 Å². The number of halogens is 1. The lowest BCUT2D eigenvalue weighted by molar-refractivity contribution is 0.0952. The monoisotopic (exact) mass is 441 g/mol. The van der Waals surface area contributed by atoms with Crippen LogP contribution in [0.3, 0.4) is 0 Å². The van der Waals surface area contributed by atoms with Crippen LogP contribution in [-0.4, -0.2) is 32.0 Å². The molecule has 28 heavy (non-hydrogen) atoms. The summed E-state index contributed by atoms with van der Waals surface area (Å²) < 4.78 is 5.71. The van der Waals surface area contributed by atoms with Crippen LogP contribution in [0.2, 0.25) is 0 Å². The number of nitrogens with one attached hydrogen (secondary N) is 2. The summed E-state index contributed by atoms with van der Waals surface area (Å²) in [6.07, 6.45) is 0. The van der Waals surface area contributed by atoms with Crippen molar-refractivity contribution < 1.29 is 14.0 Å². The minimum atomic E-state index is -0.382. The number of amides is 2. The third kappa shape index (κ3) is 5.23. The SMILES string of the molecule is CN(CCNC(=O)c1cccc(NC(=O)c2ccc(Br)o2)c1)c1ccccc1. The molecule has 0 bridgehead atoms. The molecule has 3 aromatic rings. The van der Waals surface area contributed by atoms with Gasteiger partial charge in [-0.1, -0.05) is 24.3 Å². The van der Waals surface area contributed by atoms with Gasteiger partial charge < -0.3 is 20.0 Å². The average Bonchev–Trinajstić information content (AvgIpc) is 3.15. The Morgan fingerprint density at radius 3 is 2.50 bits per heavy atom. The number of carbonyl (C=O) groups is 2. The first-order valence-electron chi connectivity index (χ1n) is 8.74. The van der Waals surface area contributed by atoms with Gasteiger partial charge in [-0.15, -0.1) is 0 Å². The Morgan fingerprint density at radius 2 is 1.79 bits per heavy atom. The highest BCUT2D eigenvalue weighted by Gasteiger charge is 2.12. The number of likely N-dealkylation sites (N-methyl/N-ethyl adjacent to an activating group) is 1. The number of furan rings is 1. The molecular weight excluding hydrogens is 422 g/mol. The van der Waals surface area contributed by atoms with Gasteiger partial charge in [0.05, 0.1) is 0 Å². The molecule has 0 saturated carbocycles. The number of carbonyl (C=O) groups excluding carboxylic acids is 2. The molecule has 0 atom stereocenters. The molecule has 7 heteroatoms. The molecule has 0 unspecified atom stereocenters. The van der Waals surface area contributed by atoms with Crippen molar-refractivity contribution in [2.45, 2.75) is 0 Å². The van der Waals surface area contributed by atoms with E-state index in [1.54, 1.807) is 36.4 Å². The fourth-order valence-corrected chi connectivity index (χ4v) is 2.92. The minimum Gasteiger partial charge on any atom is -0.444 e. The van der Waals surface area contributed by atoms with Gasteiger partial charge in [0.2, 0.25) is 0 Å². The van der Waals surface area contributed by atoms with Gasteiger partial charge in [0.1, 0.15) is 0 Å². The van der Waals surface area contributed by atoms with E-state index in [1.165, 1.54) is 0 Å². The molecule has 0 spiro atoms. The van der Waals surface area contributed by atoms with Crippen molar-refractivity contribution in [3.8, 4) is 0 Å². The van der Waals surface area contributed by atoms with E-state index >= 15 is 0 Å². The maximum absolute atomic E-state index is 12.4. The summed E-state index contributed by atoms with van der Waals surface area (Å²) in [5.41, 5.74) is 2.08. The van der Waals surface area contributed by atoms with Crippen LogP contribution in [-0.2, 0) is 0 Å². The number of rotatable bonds is 7. The minimum absolute atomic E-state index is 0.186. The molecule has 3 rings (SSSR count). The van der Waals surface area contributed by atoms with Gasteiger partial charge in [-0.05, 0) is 58.4 Å². The summed E-state index contributed by atoms with van der Waals surface area (Å²) in [5, 5.41) is 5.62. The number of nitrogens with zero attached hydrogens (tertiary/aromatic N) is 1. The van der Waals surface area contributed by atoms with Crippen molar-refractivity contribution in [3.63, 3.8) is 0 Å². The molecule has 1 aromatic heterocycles. The summed E-state index contributed by atoms with van der Waals surface area (Å²) >= 11 is 3.16. The zero-order valence-electron chi connectivity index (χ0n) is 15.3. The van der Waals surface area contributed by atoms with E-state index < -0.39 is 0 Å². The van der Waals surface area contributed by atoms with Gasteiger partial charge >= 0.3 is 0 Å². The zero-order valence-corrected chi connectivity index (χ0v) is 16.9. The van der Waals surface area contributed by atoms with Crippen LogP contribution >= 0.6 is 15.9 Å². The molecule has 2 aromatic carbocycles. The topological polar surface area (TPSA) is 74.6 Å². The lowest BCUT2D eigenvalue weighted by Gasteiger charge is -2.19. The number of anilines is 2. The fourth-order valence-electron chi connectivity index (χ4n) is 2.62. The zero-order chi connectivity index (χ0) is 19.9. The van der Waals surface area contributed by atoms with Crippen molar-refractivity contribution in [1.82, 2.24) is 5.32 Å². The molecule has 2 amide bonds. The Labute approximate surface area is 171 Å². The van der Waals surface area contributed by atoms with Crippen molar-refractivity contribution in [2.24, 2.45) is 0 Å². The van der Waals surface area contributed by atoms with Crippen LogP contribution < -0.4 is 15.5 Å². The first-order chi connectivity index (χ1) is 13.5. The summed E-state index contributed by atoms with van der Waals surface area (Å²) in [5.74, 6) is -0.392. The highest BCUT2D eigenvalue weighted by Crippen LogP contribution is 2.17. The number of benzene rings is 2. The lowest BCUT2D eigenvalue weighted by atomic mass is 10.2. The van der Waals surface area contributed by atoms with Crippen molar-refractivity contribution >= 4 is 39.1 Å². The van der Waals surface area contributed by atoms with Crippen LogP contribution in [0.25, 0.3) is 0 Å². The number of hydrogen-bond acceptors (Lipinski definition) is 4. The Hall–Kier alpha value is -3.06. The van der Waals surface area contributed by atoms with Crippen molar-refractivity contribution in [3.05, 3.63) is 82.7 Å². The fraction of sp³-hybridized carbons (Fsp3) is 0.143. The predicted molar refractivity (Wildman–Crippen MR) is 113 cm³/mol. The summed E-state index contributed by atoms with van der Waals surface area (Å²) in [6, 6.07) is 19.9. The van der Waals surface area contributed by atoms with Crippen molar-refractivity contribution in [2.75, 3.05) is 30.4 Å². The van der Waals surface area contributed by atoms with Crippen LogP contribution in [0.15, 0.2) is 75.8 Å². The molecule has 0 aliphatic carbocycles. The van der Waals surface area contributed by atoms with Gasteiger partial charge in [-0.2, -0.15) is 0 Å². The average molecular weight is 442 g/mol. The van der Waals surface area contributed by atoms with E-state index in [0.29, 0.717) is 29.0 Å². The second kappa shape index (κ2) is 9.23. The molecule has 0 aliphatic heterocycles. The summed E-state index contributed by atoms with van der Waals surface area (Å²) in [7, 11) is 1.98. The van der Waals surface area contributed by atoms with Crippen LogP contribution in [0.4, 0.5) is 11.4 Å². The highest BCUT2D eigenvalue weighted by molar-refractivity contribution is 9.10. The second-order valence-electron chi connectivity index (χ2n) is 6.15. The van der Waals surface area contributed by atoms with Gasteiger partial charge in [-0.3, -0.25) is 9.59 Å². The predicted octanol–water partition coefficient (Wildman–Crippen LogP) is 4.16. The largest absolute Gasteiger partial charge is 0.444 e. The molecular formula is C21H20BrN3O3. The third-order valence-corrected chi connectivity index (χ3v) is 4.54. The van der Waals surface area contributed by atoms with E-state index in [9.17, 15) is 9.59 Å². The number of para-hydroxylation sites is 1. The standard InChI is InChI=1S/C21H20BrN3O3/c1-25(17-8-3-2-4-9-17)13-12-23-20(26)15-6-5-7-16(14-15)24-21(27)18-10-11-19(22)28-18/h2-11,14H,12-13H2,1H3,(H,23,26)(H,24,27). The van der Waals surface area contributed by atoms with E-state index in [4.69, 9.17) is 4.42 Å². The summed E-state index contributed by atoms with van der Waals surface area (Å²) in [6.45, 7) is 1.18. The maximum atomic E-state index is 12.4. The Bertz CT molecular complexity index is 956.